The molecule has 0 spiro atoms. The third-order valence-corrected chi connectivity index (χ3v) is 4.29. The van der Waals surface area contributed by atoms with Crippen molar-refractivity contribution in [3.05, 3.63) is 33.5 Å². The normalized spacial score (nSPS) is 10.6. The number of aromatic nitrogens is 3. The Morgan fingerprint density at radius 2 is 2.37 bits per heavy atom. The molecule has 0 atom stereocenters. The molecule has 0 radical (unpaired) electrons. The lowest BCUT2D eigenvalue weighted by Gasteiger charge is -2.02. The van der Waals surface area contributed by atoms with Crippen LogP contribution >= 0.6 is 11.3 Å². The van der Waals surface area contributed by atoms with Gasteiger partial charge in [-0.25, -0.2) is 4.98 Å². The van der Waals surface area contributed by atoms with Crippen molar-refractivity contribution < 1.29 is 4.79 Å². The van der Waals surface area contributed by atoms with Crippen molar-refractivity contribution in [3.63, 3.8) is 0 Å². The number of nitrogens with one attached hydrogen (secondary N) is 2. The largest absolute Gasteiger partial charge is 0.351 e. The second kappa shape index (κ2) is 6.47. The molecule has 102 valence electrons. The molecule has 0 saturated heterocycles. The molecule has 5 nitrogen and oxygen atoms in total. The van der Waals surface area contributed by atoms with Crippen molar-refractivity contribution in [3.8, 4) is 0 Å². The van der Waals surface area contributed by atoms with Crippen LogP contribution in [0, 0.1) is 6.92 Å². The molecule has 2 rings (SSSR count). The van der Waals surface area contributed by atoms with Gasteiger partial charge in [-0.3, -0.25) is 9.89 Å². The summed E-state index contributed by atoms with van der Waals surface area (Å²) in [6.45, 7) is 4.81. The maximum atomic E-state index is 12.0. The third-order valence-electron chi connectivity index (χ3n) is 2.91. The van der Waals surface area contributed by atoms with Gasteiger partial charge < -0.3 is 5.32 Å². The number of H-pyrrole nitrogens is 1. The van der Waals surface area contributed by atoms with Crippen LogP contribution in [0.5, 0.6) is 0 Å². The molecular formula is C13H18N4OS. The number of hydrogen-bond acceptors (Lipinski definition) is 4. The predicted molar refractivity (Wildman–Crippen MR) is 75.5 cm³/mol. The smallest absolute Gasteiger partial charge is 0.261 e. The van der Waals surface area contributed by atoms with Crippen molar-refractivity contribution in [2.24, 2.45) is 0 Å². The van der Waals surface area contributed by atoms with E-state index in [2.05, 4.69) is 34.3 Å². The molecule has 0 aliphatic carbocycles. The maximum Gasteiger partial charge on any atom is 0.261 e. The topological polar surface area (TPSA) is 70.7 Å². The summed E-state index contributed by atoms with van der Waals surface area (Å²) in [5.41, 5.74) is 1.21. The summed E-state index contributed by atoms with van der Waals surface area (Å²) in [6.07, 6.45) is 4.12. The number of aromatic amines is 1. The van der Waals surface area contributed by atoms with E-state index in [-0.39, 0.29) is 5.91 Å². The molecule has 2 N–H and O–H groups in total. The summed E-state index contributed by atoms with van der Waals surface area (Å²) in [7, 11) is 0. The van der Waals surface area contributed by atoms with Gasteiger partial charge in [0.25, 0.3) is 5.91 Å². The van der Waals surface area contributed by atoms with Crippen LogP contribution in [-0.4, -0.2) is 27.6 Å². The fourth-order valence-corrected chi connectivity index (χ4v) is 2.91. The molecule has 0 saturated carbocycles. The molecule has 0 fully saturated rings. The minimum atomic E-state index is 0.0189. The van der Waals surface area contributed by atoms with E-state index >= 15 is 0 Å². The highest BCUT2D eigenvalue weighted by molar-refractivity contribution is 7.14. The monoisotopic (exact) mass is 278 g/mol. The summed E-state index contributed by atoms with van der Waals surface area (Å²) >= 11 is 1.58. The molecule has 2 aromatic rings. The van der Waals surface area contributed by atoms with Crippen molar-refractivity contribution in [2.45, 2.75) is 33.1 Å². The van der Waals surface area contributed by atoms with Crippen molar-refractivity contribution in [1.29, 1.82) is 0 Å². The first-order chi connectivity index (χ1) is 9.20. The fraction of sp³-hybridized carbons (Fsp3) is 0.462. The summed E-state index contributed by atoms with van der Waals surface area (Å²) in [4.78, 5) is 18.1. The summed E-state index contributed by atoms with van der Waals surface area (Å²) in [5.74, 6) is 0.875. The third kappa shape index (κ3) is 3.64. The van der Waals surface area contributed by atoms with E-state index in [4.69, 9.17) is 0 Å². The number of rotatable bonds is 6. The summed E-state index contributed by atoms with van der Waals surface area (Å²) < 4.78 is 0. The standard InChI is InChI=1S/C13H18N4OS/c1-3-10-9(2)7-11(19-10)13(18)14-6-4-5-12-15-8-16-17-12/h7-8H,3-6H2,1-2H3,(H,14,18)(H,15,16,17). The minimum Gasteiger partial charge on any atom is -0.351 e. The van der Waals surface area contributed by atoms with Crippen LogP contribution in [0.4, 0.5) is 0 Å². The van der Waals surface area contributed by atoms with Crippen molar-refractivity contribution in [1.82, 2.24) is 20.5 Å². The molecule has 0 bridgehead atoms. The second-order valence-electron chi connectivity index (χ2n) is 4.36. The lowest BCUT2D eigenvalue weighted by Crippen LogP contribution is -2.23. The zero-order valence-corrected chi connectivity index (χ0v) is 12.0. The second-order valence-corrected chi connectivity index (χ2v) is 5.50. The molecule has 6 heteroatoms. The fourth-order valence-electron chi connectivity index (χ4n) is 1.88. The molecule has 0 aliphatic rings. The van der Waals surface area contributed by atoms with Crippen molar-refractivity contribution >= 4 is 17.2 Å². The Balaban J connectivity index is 1.77. The highest BCUT2D eigenvalue weighted by Gasteiger charge is 2.10. The van der Waals surface area contributed by atoms with E-state index in [9.17, 15) is 4.79 Å². The van der Waals surface area contributed by atoms with Gasteiger partial charge in [-0.15, -0.1) is 11.3 Å². The van der Waals surface area contributed by atoms with Gasteiger partial charge in [0.15, 0.2) is 0 Å². The SMILES string of the molecule is CCc1sc(C(=O)NCCCc2ncn[nH]2)cc1C. The quantitative estimate of drug-likeness (QED) is 0.795. The van der Waals surface area contributed by atoms with Gasteiger partial charge in [-0.2, -0.15) is 5.10 Å². The zero-order chi connectivity index (χ0) is 13.7. The number of hydrogen-bond donors (Lipinski definition) is 2. The van der Waals surface area contributed by atoms with Gasteiger partial charge in [0, 0.05) is 17.8 Å². The van der Waals surface area contributed by atoms with Gasteiger partial charge >= 0.3 is 0 Å². The Kier molecular flexibility index (Phi) is 4.68. The number of carbonyl (C=O) groups is 1. The van der Waals surface area contributed by atoms with Gasteiger partial charge in [-0.1, -0.05) is 6.92 Å². The van der Waals surface area contributed by atoms with Gasteiger partial charge in [-0.05, 0) is 31.4 Å². The van der Waals surface area contributed by atoms with Crippen LogP contribution in [0.25, 0.3) is 0 Å². The zero-order valence-electron chi connectivity index (χ0n) is 11.2. The highest BCUT2D eigenvalue weighted by atomic mass is 32.1. The number of thiophene rings is 1. The Hall–Kier alpha value is -1.69. The lowest BCUT2D eigenvalue weighted by atomic mass is 10.2. The van der Waals surface area contributed by atoms with Gasteiger partial charge in [0.05, 0.1) is 4.88 Å². The van der Waals surface area contributed by atoms with Crippen molar-refractivity contribution in [2.75, 3.05) is 6.54 Å². The molecule has 0 aliphatic heterocycles. The molecular weight excluding hydrogens is 260 g/mol. The molecule has 2 heterocycles. The van der Waals surface area contributed by atoms with Crippen LogP contribution in [-0.2, 0) is 12.8 Å². The predicted octanol–water partition coefficient (Wildman–Crippen LogP) is 2.10. The van der Waals surface area contributed by atoms with E-state index in [1.807, 2.05) is 6.07 Å². The number of aryl methyl sites for hydroxylation is 3. The van der Waals surface area contributed by atoms with Gasteiger partial charge in [0.1, 0.15) is 12.2 Å². The number of nitrogens with zero attached hydrogens (tertiary/aromatic N) is 2. The van der Waals surface area contributed by atoms with Gasteiger partial charge in [0.2, 0.25) is 0 Å². The molecule has 0 aromatic carbocycles. The Morgan fingerprint density at radius 1 is 1.53 bits per heavy atom. The first-order valence-corrected chi connectivity index (χ1v) is 7.24. The number of carbonyl (C=O) groups excluding carboxylic acids is 1. The first kappa shape index (κ1) is 13.7. The van der Waals surface area contributed by atoms with E-state index in [1.54, 1.807) is 11.3 Å². The molecule has 1 amide bonds. The van der Waals surface area contributed by atoms with E-state index < -0.39 is 0 Å². The van der Waals surface area contributed by atoms with Crippen LogP contribution in [0.3, 0.4) is 0 Å². The average Bonchev–Trinajstić information content (AvgIpc) is 3.03. The van der Waals surface area contributed by atoms with Crippen LogP contribution < -0.4 is 5.32 Å². The average molecular weight is 278 g/mol. The summed E-state index contributed by atoms with van der Waals surface area (Å²) in [6, 6.07) is 1.97. The van der Waals surface area contributed by atoms with Crippen LogP contribution in [0.2, 0.25) is 0 Å². The first-order valence-electron chi connectivity index (χ1n) is 6.42. The highest BCUT2D eigenvalue weighted by Crippen LogP contribution is 2.22. The van der Waals surface area contributed by atoms with Crippen LogP contribution in [0.15, 0.2) is 12.4 Å². The van der Waals surface area contributed by atoms with Crippen LogP contribution in [0.1, 0.15) is 39.3 Å². The van der Waals surface area contributed by atoms with E-state index in [1.165, 1.54) is 16.8 Å². The Morgan fingerprint density at radius 3 is 3.00 bits per heavy atom. The summed E-state index contributed by atoms with van der Waals surface area (Å²) in [5, 5.41) is 9.52. The molecule has 19 heavy (non-hydrogen) atoms. The Labute approximate surface area is 116 Å². The molecule has 2 aromatic heterocycles. The Bertz CT molecular complexity index is 533. The number of amides is 1. The minimum absolute atomic E-state index is 0.0189. The maximum absolute atomic E-state index is 12.0. The van der Waals surface area contributed by atoms with E-state index in [0.717, 1.165) is 30.0 Å². The molecule has 0 unspecified atom stereocenters. The lowest BCUT2D eigenvalue weighted by molar-refractivity contribution is 0.0957. The van der Waals surface area contributed by atoms with E-state index in [0.29, 0.717) is 6.54 Å².